The molecule has 130 valence electrons. The Morgan fingerprint density at radius 1 is 1.28 bits per heavy atom. The topological polar surface area (TPSA) is 97.0 Å². The molecule has 1 aromatic carbocycles. The van der Waals surface area contributed by atoms with Crippen molar-refractivity contribution >= 4 is 50.5 Å². The van der Waals surface area contributed by atoms with Crippen molar-refractivity contribution in [1.29, 1.82) is 0 Å². The average molecular weight is 398 g/mol. The van der Waals surface area contributed by atoms with Crippen LogP contribution in [-0.4, -0.2) is 54.6 Å². The van der Waals surface area contributed by atoms with Crippen LogP contribution in [-0.2, 0) is 10.0 Å². The van der Waals surface area contributed by atoms with Gasteiger partial charge in [0.15, 0.2) is 6.29 Å². The van der Waals surface area contributed by atoms with E-state index in [1.165, 1.54) is 15.8 Å². The Morgan fingerprint density at radius 3 is 2.56 bits per heavy atom. The van der Waals surface area contributed by atoms with Crippen LogP contribution in [0.15, 0.2) is 33.0 Å². The van der Waals surface area contributed by atoms with Crippen molar-refractivity contribution in [1.82, 2.24) is 19.5 Å². The number of hydrogen-bond donors (Lipinski definition) is 0. The van der Waals surface area contributed by atoms with E-state index in [1.54, 1.807) is 38.4 Å². The number of carbonyl (C=O) groups excluding carboxylic acids is 1. The molecule has 0 aliphatic heterocycles. The van der Waals surface area contributed by atoms with E-state index in [0.29, 0.717) is 22.6 Å². The molecular weight excluding hydrogens is 386 g/mol. The lowest BCUT2D eigenvalue weighted by atomic mass is 10.1. The van der Waals surface area contributed by atoms with Gasteiger partial charge in [0, 0.05) is 24.7 Å². The molecule has 25 heavy (non-hydrogen) atoms. The highest BCUT2D eigenvalue weighted by atomic mass is 35.5. The Morgan fingerprint density at radius 2 is 1.96 bits per heavy atom. The minimum Gasteiger partial charge on any atom is -0.368 e. The van der Waals surface area contributed by atoms with E-state index in [-0.39, 0.29) is 15.0 Å². The second kappa shape index (κ2) is 6.54. The van der Waals surface area contributed by atoms with Crippen molar-refractivity contribution in [3.05, 3.63) is 35.0 Å². The number of halogens is 1. The summed E-state index contributed by atoms with van der Waals surface area (Å²) in [5.41, 5.74) is 1.25. The van der Waals surface area contributed by atoms with E-state index < -0.39 is 10.0 Å². The highest BCUT2D eigenvalue weighted by Crippen LogP contribution is 2.28. The number of benzene rings is 1. The number of aldehydes is 1. The van der Waals surface area contributed by atoms with E-state index in [2.05, 4.69) is 14.5 Å². The van der Waals surface area contributed by atoms with E-state index in [0.717, 1.165) is 11.3 Å². The van der Waals surface area contributed by atoms with E-state index in [9.17, 15) is 13.2 Å². The van der Waals surface area contributed by atoms with Crippen LogP contribution in [0.4, 0.5) is 0 Å². The van der Waals surface area contributed by atoms with Crippen molar-refractivity contribution in [2.45, 2.75) is 4.34 Å². The maximum absolute atomic E-state index is 12.2. The molecule has 2 heterocycles. The lowest BCUT2D eigenvalue weighted by Gasteiger charge is -2.01. The normalized spacial score (nSPS) is 12.1. The van der Waals surface area contributed by atoms with Crippen LogP contribution >= 0.6 is 22.9 Å². The zero-order valence-electron chi connectivity index (χ0n) is 13.1. The van der Waals surface area contributed by atoms with Crippen LogP contribution in [0, 0.1) is 0 Å². The second-order valence-corrected chi connectivity index (χ2v) is 8.39. The first-order valence-corrected chi connectivity index (χ1v) is 9.53. The molecule has 0 amide bonds. The van der Waals surface area contributed by atoms with Crippen molar-refractivity contribution in [2.24, 2.45) is 4.40 Å². The zero-order chi connectivity index (χ0) is 18.2. The van der Waals surface area contributed by atoms with Crippen molar-refractivity contribution in [2.75, 3.05) is 14.1 Å². The third-order valence-electron chi connectivity index (χ3n) is 3.09. The summed E-state index contributed by atoms with van der Waals surface area (Å²) in [6.07, 6.45) is 1.75. The third-order valence-corrected chi connectivity index (χ3v) is 5.82. The number of carbonyl (C=O) groups is 1. The van der Waals surface area contributed by atoms with E-state index >= 15 is 0 Å². The summed E-state index contributed by atoms with van der Waals surface area (Å²) in [6.45, 7) is 0. The molecule has 11 heteroatoms. The molecular formula is C14H12ClN5O3S2. The fourth-order valence-corrected chi connectivity index (χ4v) is 4.11. The smallest absolute Gasteiger partial charge is 0.312 e. The summed E-state index contributed by atoms with van der Waals surface area (Å²) < 4.78 is 28.8. The van der Waals surface area contributed by atoms with Gasteiger partial charge in [-0.3, -0.25) is 4.79 Å². The van der Waals surface area contributed by atoms with Gasteiger partial charge in [0.2, 0.25) is 4.96 Å². The Hall–Kier alpha value is -2.30. The zero-order valence-corrected chi connectivity index (χ0v) is 15.5. The minimum atomic E-state index is -3.95. The molecule has 3 rings (SSSR count). The predicted molar refractivity (Wildman–Crippen MR) is 96.1 cm³/mol. The largest absolute Gasteiger partial charge is 0.368 e. The van der Waals surface area contributed by atoms with Crippen LogP contribution in [0.1, 0.15) is 10.5 Å². The molecule has 3 aromatic rings. The van der Waals surface area contributed by atoms with Gasteiger partial charge in [0.05, 0.1) is 0 Å². The lowest BCUT2D eigenvalue weighted by Crippen LogP contribution is -2.10. The fraction of sp³-hybridized carbons (Fsp3) is 0.143. The van der Waals surface area contributed by atoms with Gasteiger partial charge in [0.1, 0.15) is 17.7 Å². The molecule has 0 N–H and O–H groups in total. The number of sulfonamides is 1. The molecule has 0 aliphatic rings. The Balaban J connectivity index is 2.10. The van der Waals surface area contributed by atoms with Gasteiger partial charge in [0.25, 0.3) is 4.34 Å². The van der Waals surface area contributed by atoms with Crippen LogP contribution in [0.5, 0.6) is 0 Å². The molecule has 0 radical (unpaired) electrons. The number of rotatable bonds is 5. The minimum absolute atomic E-state index is 0.159. The molecule has 0 atom stereocenters. The molecule has 2 aromatic heterocycles. The molecule has 8 nitrogen and oxygen atoms in total. The molecule has 0 spiro atoms. The second-order valence-electron chi connectivity index (χ2n) is 5.19. The highest BCUT2D eigenvalue weighted by molar-refractivity contribution is 7.92. The number of fused-ring (bicyclic) bond motifs is 1. The standard InChI is InChI=1S/C14H12ClN5O3S2/c1-19(2)8-16-25(22,23)14-18-20-11(7-21)12(17-13(20)24-14)9-3-5-10(15)6-4-9/h3-8H,1-2H3/b16-8+. The molecule has 0 unspecified atom stereocenters. The number of aromatic nitrogens is 3. The first-order valence-electron chi connectivity index (χ1n) is 6.89. The Labute approximate surface area is 152 Å². The highest BCUT2D eigenvalue weighted by Gasteiger charge is 2.23. The van der Waals surface area contributed by atoms with Crippen LogP contribution < -0.4 is 0 Å². The van der Waals surface area contributed by atoms with E-state index in [1.807, 2.05) is 0 Å². The SMILES string of the molecule is CN(C)/C=N/S(=O)(=O)c1nn2c(C=O)c(-c3ccc(Cl)cc3)nc2s1. The number of nitrogens with zero attached hydrogens (tertiary/aromatic N) is 5. The van der Waals surface area contributed by atoms with Gasteiger partial charge in [-0.2, -0.15) is 12.9 Å². The molecule has 0 saturated carbocycles. The fourth-order valence-electron chi connectivity index (χ4n) is 1.98. The molecule has 0 fully saturated rings. The van der Waals surface area contributed by atoms with Gasteiger partial charge < -0.3 is 4.90 Å². The molecule has 0 aliphatic carbocycles. The van der Waals surface area contributed by atoms with Crippen LogP contribution in [0.25, 0.3) is 16.2 Å². The Kier molecular flexibility index (Phi) is 4.58. The van der Waals surface area contributed by atoms with E-state index in [4.69, 9.17) is 11.6 Å². The maximum Gasteiger partial charge on any atom is 0.312 e. The number of hydrogen-bond acceptors (Lipinski definition) is 6. The molecule has 0 bridgehead atoms. The van der Waals surface area contributed by atoms with Gasteiger partial charge in [-0.25, -0.2) is 4.98 Å². The van der Waals surface area contributed by atoms with Crippen molar-refractivity contribution in [3.63, 3.8) is 0 Å². The third kappa shape index (κ3) is 3.41. The quantitative estimate of drug-likeness (QED) is 0.372. The monoisotopic (exact) mass is 397 g/mol. The summed E-state index contributed by atoms with van der Waals surface area (Å²) in [6, 6.07) is 6.80. The average Bonchev–Trinajstić information content (AvgIpc) is 3.11. The number of imidazole rings is 1. The lowest BCUT2D eigenvalue weighted by molar-refractivity contribution is 0.111. The summed E-state index contributed by atoms with van der Waals surface area (Å²) in [5.74, 6) is 0. The summed E-state index contributed by atoms with van der Waals surface area (Å²) in [7, 11) is -0.655. The van der Waals surface area contributed by atoms with Gasteiger partial charge in [-0.05, 0) is 12.1 Å². The Bertz CT molecular complexity index is 1070. The van der Waals surface area contributed by atoms with Gasteiger partial charge >= 0.3 is 10.0 Å². The summed E-state index contributed by atoms with van der Waals surface area (Å²) in [4.78, 5) is 17.6. The maximum atomic E-state index is 12.2. The van der Waals surface area contributed by atoms with Crippen molar-refractivity contribution in [3.8, 4) is 11.3 Å². The summed E-state index contributed by atoms with van der Waals surface area (Å²) >= 11 is 6.70. The first-order chi connectivity index (χ1) is 11.8. The molecule has 0 saturated heterocycles. The van der Waals surface area contributed by atoms with Gasteiger partial charge in [-0.1, -0.05) is 35.1 Å². The van der Waals surface area contributed by atoms with Crippen LogP contribution in [0.2, 0.25) is 5.02 Å². The predicted octanol–water partition coefficient (Wildman–Crippen LogP) is 2.20. The van der Waals surface area contributed by atoms with Crippen molar-refractivity contribution < 1.29 is 13.2 Å². The van der Waals surface area contributed by atoms with Gasteiger partial charge in [-0.15, -0.1) is 9.50 Å². The first kappa shape index (κ1) is 17.5. The summed E-state index contributed by atoms with van der Waals surface area (Å²) in [5, 5.41) is 4.55. The van der Waals surface area contributed by atoms with Crippen LogP contribution in [0.3, 0.4) is 0 Å².